The van der Waals surface area contributed by atoms with Gasteiger partial charge in [-0.3, -0.25) is 9.10 Å². The van der Waals surface area contributed by atoms with Crippen LogP contribution in [0.1, 0.15) is 18.9 Å². The van der Waals surface area contributed by atoms with E-state index in [0.717, 1.165) is 30.2 Å². The van der Waals surface area contributed by atoms with Crippen molar-refractivity contribution in [3.8, 4) is 17.2 Å². The van der Waals surface area contributed by atoms with Crippen molar-refractivity contribution in [3.63, 3.8) is 0 Å². The molecule has 1 aliphatic rings. The van der Waals surface area contributed by atoms with Gasteiger partial charge >= 0.3 is 0 Å². The summed E-state index contributed by atoms with van der Waals surface area (Å²) in [6, 6.07) is 19.3. The standard InChI is InChI=1S/C29H35N3O6S/c1-4-38-24-12-10-23(11-13-24)32(39(34,35)25-14-15-27(36-2)28(20-25)37-3)21-29(33)30-17-7-18-31-19-16-22-8-5-6-9-26(22)31/h5-6,8-15,20H,4,7,16-19,21H2,1-3H3,(H,30,33). The highest BCUT2D eigenvalue weighted by Gasteiger charge is 2.28. The highest BCUT2D eigenvalue weighted by molar-refractivity contribution is 7.92. The molecule has 0 spiro atoms. The summed E-state index contributed by atoms with van der Waals surface area (Å²) in [5.41, 5.74) is 2.93. The minimum atomic E-state index is -4.12. The van der Waals surface area contributed by atoms with E-state index in [0.29, 0.717) is 30.3 Å². The summed E-state index contributed by atoms with van der Waals surface area (Å²) in [7, 11) is -1.21. The minimum absolute atomic E-state index is 0.0190. The van der Waals surface area contributed by atoms with Gasteiger partial charge in [-0.15, -0.1) is 0 Å². The zero-order chi connectivity index (χ0) is 27.8. The van der Waals surface area contributed by atoms with Crippen LogP contribution in [0, 0.1) is 0 Å². The van der Waals surface area contributed by atoms with Crippen LogP contribution >= 0.6 is 0 Å². The Morgan fingerprint density at radius 1 is 1.00 bits per heavy atom. The quantitative estimate of drug-likeness (QED) is 0.321. The first-order chi connectivity index (χ1) is 18.9. The molecule has 10 heteroatoms. The average molecular weight is 554 g/mol. The predicted molar refractivity (Wildman–Crippen MR) is 152 cm³/mol. The molecule has 4 rings (SSSR count). The van der Waals surface area contributed by atoms with Crippen LogP contribution in [0.2, 0.25) is 0 Å². The van der Waals surface area contributed by atoms with E-state index >= 15 is 0 Å². The van der Waals surface area contributed by atoms with E-state index in [4.69, 9.17) is 14.2 Å². The monoisotopic (exact) mass is 553 g/mol. The minimum Gasteiger partial charge on any atom is -0.494 e. The number of nitrogens with one attached hydrogen (secondary N) is 1. The van der Waals surface area contributed by atoms with Gasteiger partial charge in [-0.2, -0.15) is 0 Å². The Labute approximate surface area is 230 Å². The summed E-state index contributed by atoms with van der Waals surface area (Å²) >= 11 is 0. The first-order valence-corrected chi connectivity index (χ1v) is 14.4. The number of benzene rings is 3. The number of rotatable bonds is 13. The molecule has 0 saturated heterocycles. The molecule has 0 aliphatic carbocycles. The molecule has 208 valence electrons. The Morgan fingerprint density at radius 3 is 2.46 bits per heavy atom. The van der Waals surface area contributed by atoms with Gasteiger partial charge in [0.2, 0.25) is 5.91 Å². The summed E-state index contributed by atoms with van der Waals surface area (Å²) in [6.45, 7) is 4.18. The van der Waals surface area contributed by atoms with Gasteiger partial charge in [0, 0.05) is 31.4 Å². The second kappa shape index (κ2) is 12.8. The zero-order valence-electron chi connectivity index (χ0n) is 22.6. The van der Waals surface area contributed by atoms with Gasteiger partial charge in [0.05, 0.1) is 31.4 Å². The molecule has 0 saturated carbocycles. The molecular formula is C29H35N3O6S. The van der Waals surface area contributed by atoms with E-state index < -0.39 is 15.9 Å². The maximum atomic E-state index is 13.8. The van der Waals surface area contributed by atoms with Crippen molar-refractivity contribution in [2.75, 3.05) is 56.2 Å². The molecular weight excluding hydrogens is 518 g/mol. The lowest BCUT2D eigenvalue weighted by atomic mass is 10.2. The summed E-state index contributed by atoms with van der Waals surface area (Å²) < 4.78 is 44.7. The van der Waals surface area contributed by atoms with E-state index in [-0.39, 0.29) is 17.2 Å². The second-order valence-corrected chi connectivity index (χ2v) is 10.9. The molecule has 3 aromatic carbocycles. The highest BCUT2D eigenvalue weighted by Crippen LogP contribution is 2.33. The molecule has 0 bridgehead atoms. The third kappa shape index (κ3) is 6.57. The molecule has 39 heavy (non-hydrogen) atoms. The maximum Gasteiger partial charge on any atom is 0.264 e. The fourth-order valence-corrected chi connectivity index (χ4v) is 6.05. The lowest BCUT2D eigenvalue weighted by Gasteiger charge is -2.25. The summed E-state index contributed by atoms with van der Waals surface area (Å²) in [6.07, 6.45) is 1.76. The van der Waals surface area contributed by atoms with Crippen LogP contribution in [0.5, 0.6) is 17.2 Å². The van der Waals surface area contributed by atoms with Gasteiger partial charge in [0.1, 0.15) is 12.3 Å². The van der Waals surface area contributed by atoms with Gasteiger partial charge in [-0.05, 0) is 67.8 Å². The fourth-order valence-electron chi connectivity index (χ4n) is 4.62. The summed E-state index contributed by atoms with van der Waals surface area (Å²) in [5, 5.41) is 2.89. The molecule has 0 radical (unpaired) electrons. The number of hydrogen-bond donors (Lipinski definition) is 1. The molecule has 1 N–H and O–H groups in total. The number of fused-ring (bicyclic) bond motifs is 1. The number of hydrogen-bond acceptors (Lipinski definition) is 7. The number of anilines is 2. The number of sulfonamides is 1. The Kier molecular flexibility index (Phi) is 9.19. The number of nitrogens with zero attached hydrogens (tertiary/aromatic N) is 2. The van der Waals surface area contributed by atoms with Crippen LogP contribution in [-0.2, 0) is 21.2 Å². The van der Waals surface area contributed by atoms with E-state index in [1.54, 1.807) is 24.3 Å². The molecule has 1 amide bonds. The van der Waals surface area contributed by atoms with Crippen molar-refractivity contribution in [2.45, 2.75) is 24.7 Å². The smallest absolute Gasteiger partial charge is 0.264 e. The van der Waals surface area contributed by atoms with Crippen LogP contribution in [0.4, 0.5) is 11.4 Å². The number of methoxy groups -OCH3 is 2. The van der Waals surface area contributed by atoms with E-state index in [1.165, 1.54) is 43.7 Å². The third-order valence-corrected chi connectivity index (χ3v) is 8.35. The van der Waals surface area contributed by atoms with Crippen molar-refractivity contribution >= 4 is 27.3 Å². The van der Waals surface area contributed by atoms with Gasteiger partial charge < -0.3 is 24.4 Å². The predicted octanol–water partition coefficient (Wildman–Crippen LogP) is 3.87. The van der Waals surface area contributed by atoms with E-state index in [1.807, 2.05) is 13.0 Å². The number of carbonyl (C=O) groups is 1. The number of para-hydroxylation sites is 1. The Morgan fingerprint density at radius 2 is 1.74 bits per heavy atom. The first-order valence-electron chi connectivity index (χ1n) is 12.9. The largest absolute Gasteiger partial charge is 0.494 e. The summed E-state index contributed by atoms with van der Waals surface area (Å²) in [5.74, 6) is 0.896. The van der Waals surface area contributed by atoms with Crippen molar-refractivity contribution < 1.29 is 27.4 Å². The highest BCUT2D eigenvalue weighted by atomic mass is 32.2. The van der Waals surface area contributed by atoms with Gasteiger partial charge in [0.15, 0.2) is 11.5 Å². The van der Waals surface area contributed by atoms with Gasteiger partial charge in [-0.25, -0.2) is 8.42 Å². The topological polar surface area (TPSA) is 97.4 Å². The van der Waals surface area contributed by atoms with Crippen LogP contribution < -0.4 is 28.7 Å². The van der Waals surface area contributed by atoms with Crippen LogP contribution in [0.3, 0.4) is 0 Å². The molecule has 0 fully saturated rings. The lowest BCUT2D eigenvalue weighted by molar-refractivity contribution is -0.119. The van der Waals surface area contributed by atoms with E-state index in [9.17, 15) is 13.2 Å². The van der Waals surface area contributed by atoms with Crippen molar-refractivity contribution in [2.24, 2.45) is 0 Å². The van der Waals surface area contributed by atoms with Gasteiger partial charge in [-0.1, -0.05) is 18.2 Å². The van der Waals surface area contributed by atoms with Crippen LogP contribution in [0.25, 0.3) is 0 Å². The average Bonchev–Trinajstić information content (AvgIpc) is 3.37. The number of amides is 1. The molecule has 1 aliphatic heterocycles. The molecule has 0 atom stereocenters. The Bertz CT molecular complexity index is 1380. The fraction of sp³-hybridized carbons (Fsp3) is 0.345. The third-order valence-electron chi connectivity index (χ3n) is 6.58. The first kappa shape index (κ1) is 28.1. The molecule has 9 nitrogen and oxygen atoms in total. The maximum absolute atomic E-state index is 13.8. The van der Waals surface area contributed by atoms with Crippen LogP contribution in [-0.4, -0.2) is 61.3 Å². The number of ether oxygens (including phenoxy) is 3. The molecule has 0 aromatic heterocycles. The van der Waals surface area contributed by atoms with Crippen LogP contribution in [0.15, 0.2) is 71.6 Å². The molecule has 3 aromatic rings. The zero-order valence-corrected chi connectivity index (χ0v) is 23.4. The lowest BCUT2D eigenvalue weighted by Crippen LogP contribution is -2.41. The normalized spacial score (nSPS) is 12.5. The van der Waals surface area contributed by atoms with E-state index in [2.05, 4.69) is 28.4 Å². The number of carbonyl (C=O) groups excluding carboxylic acids is 1. The summed E-state index contributed by atoms with van der Waals surface area (Å²) in [4.78, 5) is 15.3. The second-order valence-electron chi connectivity index (χ2n) is 9.02. The van der Waals surface area contributed by atoms with Crippen molar-refractivity contribution in [3.05, 3.63) is 72.3 Å². The molecule has 0 unspecified atom stereocenters. The Hall–Kier alpha value is -3.92. The van der Waals surface area contributed by atoms with Gasteiger partial charge in [0.25, 0.3) is 10.0 Å². The Balaban J connectivity index is 1.47. The SMILES string of the molecule is CCOc1ccc(N(CC(=O)NCCCN2CCc3ccccc32)S(=O)(=O)c2ccc(OC)c(OC)c2)cc1. The van der Waals surface area contributed by atoms with Crippen molar-refractivity contribution in [1.29, 1.82) is 0 Å². The van der Waals surface area contributed by atoms with Crippen molar-refractivity contribution in [1.82, 2.24) is 5.32 Å². The molecule has 1 heterocycles.